The average molecular weight is 280 g/mol. The standard InChI is InChI=1S/C15H24N2O3/c1-3-17(12-15(18)19-2)9-6-10-20-14-8-5-4-7-13(14)11-16/h4-5,7-8H,3,6,9-12,16H2,1-2H3. The SMILES string of the molecule is CCN(CCCOc1ccccc1CN)CC(=O)OC. The van der Waals surface area contributed by atoms with Crippen LogP contribution in [0.15, 0.2) is 24.3 Å². The van der Waals surface area contributed by atoms with E-state index in [9.17, 15) is 4.79 Å². The van der Waals surface area contributed by atoms with Crippen LogP contribution in [-0.2, 0) is 16.1 Å². The first-order valence-corrected chi connectivity index (χ1v) is 6.91. The lowest BCUT2D eigenvalue weighted by atomic mass is 10.2. The zero-order valence-electron chi connectivity index (χ0n) is 12.3. The molecule has 1 aromatic carbocycles. The molecule has 112 valence electrons. The minimum atomic E-state index is -0.207. The molecule has 0 aromatic heterocycles. The molecule has 0 saturated heterocycles. The van der Waals surface area contributed by atoms with E-state index in [1.165, 1.54) is 7.11 Å². The van der Waals surface area contributed by atoms with Gasteiger partial charge in [0.1, 0.15) is 5.75 Å². The van der Waals surface area contributed by atoms with Gasteiger partial charge in [-0.3, -0.25) is 9.69 Å². The number of para-hydroxylation sites is 1. The highest BCUT2D eigenvalue weighted by Gasteiger charge is 2.08. The van der Waals surface area contributed by atoms with Crippen LogP contribution in [0.1, 0.15) is 18.9 Å². The molecule has 20 heavy (non-hydrogen) atoms. The zero-order chi connectivity index (χ0) is 14.8. The molecule has 1 aromatic rings. The lowest BCUT2D eigenvalue weighted by Gasteiger charge is -2.19. The monoisotopic (exact) mass is 280 g/mol. The number of hydrogen-bond acceptors (Lipinski definition) is 5. The number of rotatable bonds is 9. The van der Waals surface area contributed by atoms with E-state index in [2.05, 4.69) is 4.74 Å². The Hall–Kier alpha value is -1.59. The van der Waals surface area contributed by atoms with Gasteiger partial charge in [-0.1, -0.05) is 25.1 Å². The summed E-state index contributed by atoms with van der Waals surface area (Å²) < 4.78 is 10.4. The number of nitrogens with zero attached hydrogens (tertiary/aromatic N) is 1. The van der Waals surface area contributed by atoms with Crippen LogP contribution in [0.4, 0.5) is 0 Å². The van der Waals surface area contributed by atoms with Gasteiger partial charge < -0.3 is 15.2 Å². The number of benzene rings is 1. The highest BCUT2D eigenvalue weighted by molar-refractivity contribution is 5.71. The second-order valence-corrected chi connectivity index (χ2v) is 4.46. The highest BCUT2D eigenvalue weighted by Crippen LogP contribution is 2.17. The van der Waals surface area contributed by atoms with Gasteiger partial charge in [0.05, 0.1) is 20.3 Å². The molecule has 0 unspecified atom stereocenters. The molecule has 5 heteroatoms. The van der Waals surface area contributed by atoms with E-state index in [1.807, 2.05) is 36.1 Å². The van der Waals surface area contributed by atoms with E-state index in [0.29, 0.717) is 19.7 Å². The van der Waals surface area contributed by atoms with Gasteiger partial charge in [0.25, 0.3) is 0 Å². The van der Waals surface area contributed by atoms with Gasteiger partial charge in [0.15, 0.2) is 0 Å². The first-order chi connectivity index (χ1) is 9.71. The summed E-state index contributed by atoms with van der Waals surface area (Å²) in [4.78, 5) is 13.2. The molecule has 0 atom stereocenters. The lowest BCUT2D eigenvalue weighted by Crippen LogP contribution is -2.32. The third-order valence-corrected chi connectivity index (χ3v) is 3.10. The largest absolute Gasteiger partial charge is 0.493 e. The van der Waals surface area contributed by atoms with Crippen LogP contribution in [0.3, 0.4) is 0 Å². The van der Waals surface area contributed by atoms with Crippen molar-refractivity contribution in [2.45, 2.75) is 19.9 Å². The van der Waals surface area contributed by atoms with Crippen molar-refractivity contribution in [3.63, 3.8) is 0 Å². The van der Waals surface area contributed by atoms with Crippen LogP contribution in [0, 0.1) is 0 Å². The molecule has 0 radical (unpaired) electrons. The van der Waals surface area contributed by atoms with E-state index in [0.717, 1.165) is 30.8 Å². The summed E-state index contributed by atoms with van der Waals surface area (Å²) in [6, 6.07) is 7.77. The summed E-state index contributed by atoms with van der Waals surface area (Å²) in [7, 11) is 1.41. The van der Waals surface area contributed by atoms with Crippen molar-refractivity contribution >= 4 is 5.97 Å². The quantitative estimate of drug-likeness (QED) is 0.547. The second kappa shape index (κ2) is 9.34. The number of likely N-dealkylation sites (N-methyl/N-ethyl adjacent to an activating group) is 1. The summed E-state index contributed by atoms with van der Waals surface area (Å²) in [6.45, 7) is 5.04. The Kier molecular flexibility index (Phi) is 7.69. The van der Waals surface area contributed by atoms with Crippen molar-refractivity contribution < 1.29 is 14.3 Å². The van der Waals surface area contributed by atoms with Gasteiger partial charge >= 0.3 is 5.97 Å². The minimum Gasteiger partial charge on any atom is -0.493 e. The lowest BCUT2D eigenvalue weighted by molar-refractivity contribution is -0.141. The van der Waals surface area contributed by atoms with Crippen LogP contribution in [-0.4, -0.2) is 44.2 Å². The summed E-state index contributed by atoms with van der Waals surface area (Å²) in [5, 5.41) is 0. The maximum atomic E-state index is 11.2. The maximum Gasteiger partial charge on any atom is 0.319 e. The Bertz CT molecular complexity index is 410. The molecule has 1 rings (SSSR count). The Balaban J connectivity index is 2.31. The van der Waals surface area contributed by atoms with E-state index in [4.69, 9.17) is 10.5 Å². The number of ether oxygens (including phenoxy) is 2. The number of carbonyl (C=O) groups excluding carboxylic acids is 1. The Morgan fingerprint density at radius 3 is 2.75 bits per heavy atom. The van der Waals surface area contributed by atoms with Crippen LogP contribution in [0.5, 0.6) is 5.75 Å². The normalized spacial score (nSPS) is 10.6. The van der Waals surface area contributed by atoms with Crippen LogP contribution < -0.4 is 10.5 Å². The highest BCUT2D eigenvalue weighted by atomic mass is 16.5. The molecule has 0 amide bonds. The van der Waals surface area contributed by atoms with E-state index < -0.39 is 0 Å². The van der Waals surface area contributed by atoms with E-state index in [1.54, 1.807) is 0 Å². The molecule has 0 aliphatic carbocycles. The number of esters is 1. The molecule has 0 spiro atoms. The molecular formula is C15H24N2O3. The number of hydrogen-bond donors (Lipinski definition) is 1. The van der Waals surface area contributed by atoms with Crippen LogP contribution in [0.25, 0.3) is 0 Å². The van der Waals surface area contributed by atoms with Crippen molar-refractivity contribution in [3.05, 3.63) is 29.8 Å². The smallest absolute Gasteiger partial charge is 0.319 e. The van der Waals surface area contributed by atoms with Gasteiger partial charge in [0, 0.05) is 18.7 Å². The zero-order valence-corrected chi connectivity index (χ0v) is 12.3. The first-order valence-electron chi connectivity index (χ1n) is 6.91. The molecule has 0 heterocycles. The van der Waals surface area contributed by atoms with Gasteiger partial charge in [-0.15, -0.1) is 0 Å². The molecule has 2 N–H and O–H groups in total. The molecule has 5 nitrogen and oxygen atoms in total. The summed E-state index contributed by atoms with van der Waals surface area (Å²) in [6.07, 6.45) is 0.851. The topological polar surface area (TPSA) is 64.8 Å². The van der Waals surface area contributed by atoms with Gasteiger partial charge in [-0.2, -0.15) is 0 Å². The Labute approximate surface area is 120 Å². The summed E-state index contributed by atoms with van der Waals surface area (Å²) in [5.41, 5.74) is 6.66. The third kappa shape index (κ3) is 5.59. The van der Waals surface area contributed by atoms with Crippen molar-refractivity contribution in [3.8, 4) is 5.75 Å². The molecule has 0 fully saturated rings. The average Bonchev–Trinajstić information content (AvgIpc) is 2.50. The van der Waals surface area contributed by atoms with Crippen molar-refractivity contribution in [1.82, 2.24) is 4.90 Å². The van der Waals surface area contributed by atoms with Crippen molar-refractivity contribution in [2.24, 2.45) is 5.73 Å². The minimum absolute atomic E-state index is 0.207. The number of nitrogens with two attached hydrogens (primary N) is 1. The molecular weight excluding hydrogens is 256 g/mol. The van der Waals surface area contributed by atoms with E-state index in [-0.39, 0.29) is 5.97 Å². The molecule has 0 bridgehead atoms. The van der Waals surface area contributed by atoms with Gasteiger partial charge in [-0.25, -0.2) is 0 Å². The molecule has 0 aliphatic rings. The second-order valence-electron chi connectivity index (χ2n) is 4.46. The van der Waals surface area contributed by atoms with Gasteiger partial charge in [0.2, 0.25) is 0 Å². The Morgan fingerprint density at radius 1 is 1.35 bits per heavy atom. The van der Waals surface area contributed by atoms with Crippen molar-refractivity contribution in [2.75, 3.05) is 33.4 Å². The summed E-state index contributed by atoms with van der Waals surface area (Å²) in [5.74, 6) is 0.632. The fraction of sp³-hybridized carbons (Fsp3) is 0.533. The van der Waals surface area contributed by atoms with Crippen LogP contribution in [0.2, 0.25) is 0 Å². The first kappa shape index (κ1) is 16.5. The van der Waals surface area contributed by atoms with Crippen LogP contribution >= 0.6 is 0 Å². The predicted molar refractivity (Wildman–Crippen MR) is 78.6 cm³/mol. The fourth-order valence-corrected chi connectivity index (χ4v) is 1.88. The van der Waals surface area contributed by atoms with E-state index >= 15 is 0 Å². The third-order valence-electron chi connectivity index (χ3n) is 3.10. The molecule has 0 saturated carbocycles. The number of methoxy groups -OCH3 is 1. The summed E-state index contributed by atoms with van der Waals surface area (Å²) >= 11 is 0. The fourth-order valence-electron chi connectivity index (χ4n) is 1.88. The predicted octanol–water partition coefficient (Wildman–Crippen LogP) is 1.41. The van der Waals surface area contributed by atoms with Gasteiger partial charge in [-0.05, 0) is 19.0 Å². The number of carbonyl (C=O) groups is 1. The molecule has 0 aliphatic heterocycles. The maximum absolute atomic E-state index is 11.2. The van der Waals surface area contributed by atoms with Crippen molar-refractivity contribution in [1.29, 1.82) is 0 Å². The Morgan fingerprint density at radius 2 is 2.10 bits per heavy atom.